The molecule has 7 nitrogen and oxygen atoms in total. The van der Waals surface area contributed by atoms with E-state index in [9.17, 15) is 8.42 Å². The minimum Gasteiger partial charge on any atom is -0.381 e. The number of pyridine rings is 1. The Morgan fingerprint density at radius 2 is 2.08 bits per heavy atom. The summed E-state index contributed by atoms with van der Waals surface area (Å²) >= 11 is 0. The fraction of sp³-hybridized carbons (Fsp3) is 0.706. The lowest BCUT2D eigenvalue weighted by atomic mass is 10.2. The molecule has 2 saturated heterocycles. The highest BCUT2D eigenvalue weighted by molar-refractivity contribution is 7.89. The fourth-order valence-electron chi connectivity index (χ4n) is 3.28. The van der Waals surface area contributed by atoms with Crippen molar-refractivity contribution in [2.75, 3.05) is 56.6 Å². The van der Waals surface area contributed by atoms with Crippen LogP contribution in [0.15, 0.2) is 18.3 Å². The summed E-state index contributed by atoms with van der Waals surface area (Å²) in [5, 5.41) is 0. The number of nitrogens with zero attached hydrogens (tertiary/aromatic N) is 3. The van der Waals surface area contributed by atoms with E-state index in [0.717, 1.165) is 50.5 Å². The Morgan fingerprint density at radius 1 is 1.28 bits per heavy atom. The van der Waals surface area contributed by atoms with Crippen LogP contribution in [0.4, 0.5) is 5.82 Å². The third kappa shape index (κ3) is 5.37. The summed E-state index contributed by atoms with van der Waals surface area (Å²) in [5.74, 6) is 1.21. The predicted octanol–water partition coefficient (Wildman–Crippen LogP) is 0.679. The van der Waals surface area contributed by atoms with Crippen LogP contribution in [0.25, 0.3) is 0 Å². The number of nitrogens with one attached hydrogen (secondary N) is 1. The molecule has 0 aliphatic carbocycles. The van der Waals surface area contributed by atoms with Crippen molar-refractivity contribution < 1.29 is 13.2 Å². The highest BCUT2D eigenvalue weighted by atomic mass is 32.2. The first kappa shape index (κ1) is 18.6. The van der Waals surface area contributed by atoms with Gasteiger partial charge in [0, 0.05) is 45.5 Å². The van der Waals surface area contributed by atoms with Gasteiger partial charge < -0.3 is 14.5 Å². The van der Waals surface area contributed by atoms with Gasteiger partial charge in [-0.25, -0.2) is 18.1 Å². The zero-order valence-electron chi connectivity index (χ0n) is 14.9. The number of hydrogen-bond donors (Lipinski definition) is 1. The minimum absolute atomic E-state index is 0.111. The summed E-state index contributed by atoms with van der Waals surface area (Å²) < 4.78 is 32.2. The standard InChI is InChI=1S/C17H28N4O3S/c1-2-20-6-8-21(9-7-20)17-4-3-15(11-18-17)12-19-25(22,23)14-16-5-10-24-13-16/h3-4,11,16,19H,2,5-10,12-14H2,1H3. The summed E-state index contributed by atoms with van der Waals surface area (Å²) in [6.07, 6.45) is 2.59. The van der Waals surface area contributed by atoms with Crippen molar-refractivity contribution in [1.29, 1.82) is 0 Å². The van der Waals surface area contributed by atoms with Gasteiger partial charge >= 0.3 is 0 Å². The first-order chi connectivity index (χ1) is 12.1. The van der Waals surface area contributed by atoms with E-state index in [2.05, 4.69) is 26.4 Å². The van der Waals surface area contributed by atoms with Gasteiger partial charge in [-0.1, -0.05) is 13.0 Å². The summed E-state index contributed by atoms with van der Waals surface area (Å²) in [7, 11) is -3.28. The van der Waals surface area contributed by atoms with Gasteiger partial charge in [-0.15, -0.1) is 0 Å². The first-order valence-corrected chi connectivity index (χ1v) is 10.7. The van der Waals surface area contributed by atoms with Crippen LogP contribution in [0.5, 0.6) is 0 Å². The number of aromatic nitrogens is 1. The molecular formula is C17H28N4O3S. The molecule has 0 spiro atoms. The van der Waals surface area contributed by atoms with E-state index in [1.54, 1.807) is 6.20 Å². The van der Waals surface area contributed by atoms with E-state index in [4.69, 9.17) is 4.74 Å². The second-order valence-electron chi connectivity index (χ2n) is 6.78. The zero-order valence-corrected chi connectivity index (χ0v) is 15.7. The predicted molar refractivity (Wildman–Crippen MR) is 98.1 cm³/mol. The summed E-state index contributed by atoms with van der Waals surface area (Å²) in [4.78, 5) is 9.21. The molecule has 1 N–H and O–H groups in total. The molecule has 1 aromatic rings. The molecule has 1 aromatic heterocycles. The molecule has 0 radical (unpaired) electrons. The lowest BCUT2D eigenvalue weighted by Crippen LogP contribution is -2.46. The highest BCUT2D eigenvalue weighted by Gasteiger charge is 2.23. The number of anilines is 1. The second kappa shape index (κ2) is 8.44. The molecule has 0 amide bonds. The van der Waals surface area contributed by atoms with Crippen LogP contribution in [0.3, 0.4) is 0 Å². The molecule has 0 aromatic carbocycles. The van der Waals surface area contributed by atoms with Gasteiger partial charge in [0.2, 0.25) is 10.0 Å². The molecule has 3 rings (SSSR count). The van der Waals surface area contributed by atoms with E-state index >= 15 is 0 Å². The number of ether oxygens (including phenoxy) is 1. The summed E-state index contributed by atoms with van der Waals surface area (Å²) in [6.45, 7) is 8.85. The third-order valence-corrected chi connectivity index (χ3v) is 6.42. The van der Waals surface area contributed by atoms with Crippen LogP contribution in [-0.2, 0) is 21.3 Å². The van der Waals surface area contributed by atoms with E-state index in [0.29, 0.717) is 13.2 Å². The maximum absolute atomic E-state index is 12.1. The monoisotopic (exact) mass is 368 g/mol. The van der Waals surface area contributed by atoms with Gasteiger partial charge in [-0.05, 0) is 30.5 Å². The minimum atomic E-state index is -3.28. The van der Waals surface area contributed by atoms with Gasteiger partial charge in [-0.3, -0.25) is 0 Å². The first-order valence-electron chi connectivity index (χ1n) is 9.03. The molecule has 8 heteroatoms. The number of rotatable bonds is 7. The Morgan fingerprint density at radius 3 is 2.68 bits per heavy atom. The van der Waals surface area contributed by atoms with Crippen molar-refractivity contribution in [2.24, 2.45) is 5.92 Å². The van der Waals surface area contributed by atoms with E-state index in [-0.39, 0.29) is 18.2 Å². The molecular weight excluding hydrogens is 340 g/mol. The van der Waals surface area contributed by atoms with Crippen LogP contribution in [0, 0.1) is 5.92 Å². The number of piperazine rings is 1. The van der Waals surface area contributed by atoms with Gasteiger partial charge in [0.05, 0.1) is 12.4 Å². The molecule has 2 aliphatic rings. The normalized spacial score (nSPS) is 22.4. The van der Waals surface area contributed by atoms with Gasteiger partial charge in [0.1, 0.15) is 5.82 Å². The average molecular weight is 369 g/mol. The molecule has 2 fully saturated rings. The van der Waals surface area contributed by atoms with Crippen molar-refractivity contribution in [1.82, 2.24) is 14.6 Å². The van der Waals surface area contributed by atoms with Crippen LogP contribution in [0.2, 0.25) is 0 Å². The summed E-state index contributed by atoms with van der Waals surface area (Å²) in [5.41, 5.74) is 0.877. The Balaban J connectivity index is 1.49. The Kier molecular flexibility index (Phi) is 6.27. The van der Waals surface area contributed by atoms with E-state index in [1.807, 2.05) is 12.1 Å². The summed E-state index contributed by atoms with van der Waals surface area (Å²) in [6, 6.07) is 3.94. The third-order valence-electron chi connectivity index (χ3n) is 4.93. The molecule has 25 heavy (non-hydrogen) atoms. The van der Waals surface area contributed by atoms with Crippen molar-refractivity contribution >= 4 is 15.8 Å². The fourth-order valence-corrected chi connectivity index (χ4v) is 4.67. The van der Waals surface area contributed by atoms with Crippen LogP contribution in [0.1, 0.15) is 18.9 Å². The van der Waals surface area contributed by atoms with Crippen molar-refractivity contribution in [2.45, 2.75) is 19.9 Å². The van der Waals surface area contributed by atoms with E-state index in [1.165, 1.54) is 0 Å². The zero-order chi connectivity index (χ0) is 17.7. The second-order valence-corrected chi connectivity index (χ2v) is 8.63. The highest BCUT2D eigenvalue weighted by Crippen LogP contribution is 2.16. The van der Waals surface area contributed by atoms with Crippen molar-refractivity contribution in [3.05, 3.63) is 23.9 Å². The molecule has 3 heterocycles. The Bertz CT molecular complexity index is 636. The molecule has 0 saturated carbocycles. The van der Waals surface area contributed by atoms with Gasteiger partial charge in [-0.2, -0.15) is 0 Å². The Hall–Kier alpha value is -1.22. The van der Waals surface area contributed by atoms with Crippen LogP contribution in [-0.4, -0.2) is 70.0 Å². The van der Waals surface area contributed by atoms with E-state index < -0.39 is 10.0 Å². The molecule has 2 aliphatic heterocycles. The molecule has 1 atom stereocenters. The lowest BCUT2D eigenvalue weighted by molar-refractivity contribution is 0.188. The van der Waals surface area contributed by atoms with Gasteiger partial charge in [0.15, 0.2) is 0 Å². The smallest absolute Gasteiger partial charge is 0.212 e. The molecule has 1 unspecified atom stereocenters. The maximum Gasteiger partial charge on any atom is 0.212 e. The quantitative estimate of drug-likeness (QED) is 0.763. The Labute approximate surface area is 150 Å². The topological polar surface area (TPSA) is 74.8 Å². The largest absolute Gasteiger partial charge is 0.381 e. The molecule has 0 bridgehead atoms. The number of hydrogen-bond acceptors (Lipinski definition) is 6. The maximum atomic E-state index is 12.1. The lowest BCUT2D eigenvalue weighted by Gasteiger charge is -2.34. The average Bonchev–Trinajstić information content (AvgIpc) is 3.13. The van der Waals surface area contributed by atoms with Gasteiger partial charge in [0.25, 0.3) is 0 Å². The van der Waals surface area contributed by atoms with Crippen LogP contribution >= 0.6 is 0 Å². The van der Waals surface area contributed by atoms with Crippen molar-refractivity contribution in [3.8, 4) is 0 Å². The number of sulfonamides is 1. The SMILES string of the molecule is CCN1CCN(c2ccc(CNS(=O)(=O)CC3CCOC3)cn2)CC1. The van der Waals surface area contributed by atoms with Crippen molar-refractivity contribution in [3.63, 3.8) is 0 Å². The molecule has 140 valence electrons. The van der Waals surface area contributed by atoms with Crippen LogP contribution < -0.4 is 9.62 Å². The number of likely N-dealkylation sites (N-methyl/N-ethyl adjacent to an activating group) is 1.